The lowest BCUT2D eigenvalue weighted by Crippen LogP contribution is -2.43. The van der Waals surface area contributed by atoms with Crippen molar-refractivity contribution < 1.29 is 5.11 Å². The molecule has 1 saturated heterocycles. The molecule has 0 spiro atoms. The number of piperidine rings is 1. The van der Waals surface area contributed by atoms with Crippen molar-refractivity contribution in [2.45, 2.75) is 46.3 Å². The van der Waals surface area contributed by atoms with Crippen molar-refractivity contribution >= 4 is 5.82 Å². The van der Waals surface area contributed by atoms with Crippen LogP contribution in [0.4, 0.5) is 5.82 Å². The van der Waals surface area contributed by atoms with Crippen LogP contribution < -0.4 is 10.2 Å². The highest BCUT2D eigenvalue weighted by atomic mass is 16.3. The molecule has 2 heterocycles. The van der Waals surface area contributed by atoms with Gasteiger partial charge < -0.3 is 15.3 Å². The van der Waals surface area contributed by atoms with Gasteiger partial charge in [-0.25, -0.2) is 4.98 Å². The third kappa shape index (κ3) is 3.70. The predicted molar refractivity (Wildman–Crippen MR) is 83.0 cm³/mol. The maximum atomic E-state index is 10.0. The fraction of sp³-hybridized carbons (Fsp3) is 0.688. The van der Waals surface area contributed by atoms with Crippen molar-refractivity contribution in [1.82, 2.24) is 10.3 Å². The number of β-amino-alcohol motifs (C(OH)–C–C–N with tert-alkyl or cyclic N) is 1. The number of aliphatic hydroxyl groups is 1. The molecule has 2 N–H and O–H groups in total. The van der Waals surface area contributed by atoms with Gasteiger partial charge in [0.05, 0.1) is 6.10 Å². The van der Waals surface area contributed by atoms with E-state index >= 15 is 0 Å². The van der Waals surface area contributed by atoms with Crippen LogP contribution in [-0.2, 0) is 6.54 Å². The van der Waals surface area contributed by atoms with Gasteiger partial charge in [-0.2, -0.15) is 0 Å². The van der Waals surface area contributed by atoms with Crippen LogP contribution in [0.25, 0.3) is 0 Å². The lowest BCUT2D eigenvalue weighted by molar-refractivity contribution is 0.102. The smallest absolute Gasteiger partial charge is 0.131 e. The summed E-state index contributed by atoms with van der Waals surface area (Å²) in [5.74, 6) is 1.42. The second-order valence-corrected chi connectivity index (χ2v) is 5.94. The molecule has 0 bridgehead atoms. The molecule has 2 rings (SSSR count). The van der Waals surface area contributed by atoms with Crippen molar-refractivity contribution in [3.05, 3.63) is 23.4 Å². The van der Waals surface area contributed by atoms with Gasteiger partial charge >= 0.3 is 0 Å². The lowest BCUT2D eigenvalue weighted by atomic mass is 9.96. The zero-order valence-corrected chi connectivity index (χ0v) is 12.9. The average molecular weight is 277 g/mol. The van der Waals surface area contributed by atoms with E-state index in [-0.39, 0.29) is 6.10 Å². The van der Waals surface area contributed by atoms with Gasteiger partial charge in [-0.05, 0) is 49.4 Å². The third-order valence-corrected chi connectivity index (χ3v) is 4.08. The highest BCUT2D eigenvalue weighted by Crippen LogP contribution is 2.24. The number of pyridine rings is 1. The minimum Gasteiger partial charge on any atom is -0.391 e. The molecule has 1 aromatic heterocycles. The Kier molecular flexibility index (Phi) is 5.38. The molecule has 0 aliphatic carbocycles. The highest BCUT2D eigenvalue weighted by molar-refractivity contribution is 5.48. The zero-order valence-electron chi connectivity index (χ0n) is 12.9. The molecular formula is C16H27N3O. The summed E-state index contributed by atoms with van der Waals surface area (Å²) >= 11 is 0. The molecule has 0 aromatic carbocycles. The average Bonchev–Trinajstić information content (AvgIpc) is 2.43. The van der Waals surface area contributed by atoms with Gasteiger partial charge in [0.25, 0.3) is 0 Å². The maximum absolute atomic E-state index is 10.0. The number of aryl methyl sites for hydroxylation is 1. The Labute approximate surface area is 122 Å². The van der Waals surface area contributed by atoms with Crippen molar-refractivity contribution in [2.24, 2.45) is 5.92 Å². The van der Waals surface area contributed by atoms with E-state index in [0.29, 0.717) is 12.5 Å². The number of nitrogens with one attached hydrogen (secondary N) is 1. The topological polar surface area (TPSA) is 48.4 Å². The lowest BCUT2D eigenvalue weighted by Gasteiger charge is -2.35. The number of aliphatic hydroxyl groups excluding tert-OH is 1. The van der Waals surface area contributed by atoms with Gasteiger partial charge in [-0.1, -0.05) is 13.8 Å². The first-order valence-electron chi connectivity index (χ1n) is 7.71. The summed E-state index contributed by atoms with van der Waals surface area (Å²) in [6.07, 6.45) is 3.89. The molecule has 0 saturated carbocycles. The van der Waals surface area contributed by atoms with Gasteiger partial charge in [0.1, 0.15) is 5.82 Å². The highest BCUT2D eigenvalue weighted by Gasteiger charge is 2.25. The van der Waals surface area contributed by atoms with Gasteiger partial charge in [-0.15, -0.1) is 0 Å². The molecule has 4 heteroatoms. The molecule has 2 unspecified atom stereocenters. The van der Waals surface area contributed by atoms with E-state index in [2.05, 4.69) is 42.0 Å². The zero-order chi connectivity index (χ0) is 14.5. The van der Waals surface area contributed by atoms with E-state index in [9.17, 15) is 5.11 Å². The van der Waals surface area contributed by atoms with Crippen LogP contribution in [0.3, 0.4) is 0 Å². The summed E-state index contributed by atoms with van der Waals surface area (Å²) in [5, 5.41) is 13.4. The summed E-state index contributed by atoms with van der Waals surface area (Å²) in [4.78, 5) is 6.83. The monoisotopic (exact) mass is 277 g/mol. The first kappa shape index (κ1) is 15.3. The summed E-state index contributed by atoms with van der Waals surface area (Å²) in [6.45, 7) is 9.99. The second kappa shape index (κ2) is 7.04. The van der Waals surface area contributed by atoms with Crippen LogP contribution in [0.15, 0.2) is 12.3 Å². The minimum atomic E-state index is -0.240. The molecule has 1 fully saturated rings. The Bertz CT molecular complexity index is 436. The van der Waals surface area contributed by atoms with Crippen molar-refractivity contribution in [2.75, 3.05) is 24.5 Å². The third-order valence-electron chi connectivity index (χ3n) is 4.08. The number of nitrogens with zero attached hydrogens (tertiary/aromatic N) is 2. The fourth-order valence-corrected chi connectivity index (χ4v) is 2.70. The van der Waals surface area contributed by atoms with Crippen LogP contribution in [0.5, 0.6) is 0 Å². The van der Waals surface area contributed by atoms with E-state index in [4.69, 9.17) is 0 Å². The minimum absolute atomic E-state index is 0.240. The summed E-state index contributed by atoms with van der Waals surface area (Å²) in [5.41, 5.74) is 2.42. The Hall–Kier alpha value is -1.13. The molecule has 20 heavy (non-hydrogen) atoms. The Morgan fingerprint density at radius 1 is 1.50 bits per heavy atom. The van der Waals surface area contributed by atoms with E-state index in [1.165, 1.54) is 11.1 Å². The van der Waals surface area contributed by atoms with E-state index < -0.39 is 0 Å². The first-order chi connectivity index (χ1) is 9.61. The molecule has 2 atom stereocenters. The fourth-order valence-electron chi connectivity index (χ4n) is 2.70. The molecule has 0 radical (unpaired) electrons. The van der Waals surface area contributed by atoms with Crippen molar-refractivity contribution in [3.63, 3.8) is 0 Å². The van der Waals surface area contributed by atoms with Crippen LogP contribution in [-0.4, -0.2) is 35.8 Å². The van der Waals surface area contributed by atoms with E-state index in [1.54, 1.807) is 0 Å². The number of rotatable bonds is 5. The van der Waals surface area contributed by atoms with Gasteiger partial charge in [-0.3, -0.25) is 0 Å². The molecule has 1 aliphatic heterocycles. The summed E-state index contributed by atoms with van der Waals surface area (Å²) in [6, 6.07) is 2.20. The molecule has 112 valence electrons. The SMILES string of the molecule is CCCNCc1cnc(N2CCC(C)C(O)C2)c(C)c1. The Morgan fingerprint density at radius 3 is 2.95 bits per heavy atom. The van der Waals surface area contributed by atoms with Crippen molar-refractivity contribution in [1.29, 1.82) is 0 Å². The largest absolute Gasteiger partial charge is 0.391 e. The van der Waals surface area contributed by atoms with Gasteiger partial charge in [0.2, 0.25) is 0 Å². The molecular weight excluding hydrogens is 250 g/mol. The maximum Gasteiger partial charge on any atom is 0.131 e. The van der Waals surface area contributed by atoms with Gasteiger partial charge in [0, 0.05) is 25.8 Å². The first-order valence-corrected chi connectivity index (χ1v) is 7.71. The molecule has 1 aliphatic rings. The number of aromatic nitrogens is 1. The Morgan fingerprint density at radius 2 is 2.30 bits per heavy atom. The molecule has 1 aromatic rings. The van der Waals surface area contributed by atoms with Crippen LogP contribution in [0.1, 0.15) is 37.8 Å². The van der Waals surface area contributed by atoms with Crippen LogP contribution >= 0.6 is 0 Å². The molecule has 0 amide bonds. The summed E-state index contributed by atoms with van der Waals surface area (Å²) in [7, 11) is 0. The quantitative estimate of drug-likeness (QED) is 0.809. The Balaban J connectivity index is 2.02. The number of anilines is 1. The predicted octanol–water partition coefficient (Wildman–Crippen LogP) is 2.10. The molecule has 4 nitrogen and oxygen atoms in total. The summed E-state index contributed by atoms with van der Waals surface area (Å²) < 4.78 is 0. The van der Waals surface area contributed by atoms with Gasteiger partial charge in [0.15, 0.2) is 0 Å². The van der Waals surface area contributed by atoms with Crippen LogP contribution in [0.2, 0.25) is 0 Å². The second-order valence-electron chi connectivity index (χ2n) is 5.94. The van der Waals surface area contributed by atoms with E-state index in [0.717, 1.165) is 38.3 Å². The van der Waals surface area contributed by atoms with Crippen LogP contribution in [0, 0.1) is 12.8 Å². The number of hydrogen-bond acceptors (Lipinski definition) is 4. The number of hydrogen-bond donors (Lipinski definition) is 2. The normalized spacial score (nSPS) is 23.1. The van der Waals surface area contributed by atoms with E-state index in [1.807, 2.05) is 6.20 Å². The standard InChI is InChI=1S/C16H27N3O/c1-4-6-17-9-14-8-13(3)16(18-10-14)19-7-5-12(2)15(20)11-19/h8,10,12,15,17,20H,4-7,9,11H2,1-3H3. The van der Waals surface area contributed by atoms with Crippen molar-refractivity contribution in [3.8, 4) is 0 Å².